The van der Waals surface area contributed by atoms with E-state index in [1.165, 1.54) is 0 Å². The quantitative estimate of drug-likeness (QED) is 0.937. The summed E-state index contributed by atoms with van der Waals surface area (Å²) in [4.78, 5) is 16.3. The van der Waals surface area contributed by atoms with Gasteiger partial charge in [-0.3, -0.25) is 4.79 Å². The van der Waals surface area contributed by atoms with Gasteiger partial charge in [0.2, 0.25) is 5.89 Å². The van der Waals surface area contributed by atoms with Crippen molar-refractivity contribution in [1.29, 1.82) is 0 Å². The van der Waals surface area contributed by atoms with Gasteiger partial charge in [-0.2, -0.15) is 0 Å². The van der Waals surface area contributed by atoms with E-state index in [2.05, 4.69) is 24.1 Å². The minimum atomic E-state index is -0.319. The van der Waals surface area contributed by atoms with E-state index >= 15 is 0 Å². The van der Waals surface area contributed by atoms with Crippen LogP contribution < -0.4 is 5.32 Å². The highest BCUT2D eigenvalue weighted by Crippen LogP contribution is 2.24. The number of ether oxygens (including phenoxy) is 1. The van der Waals surface area contributed by atoms with Crippen molar-refractivity contribution in [3.63, 3.8) is 0 Å². The maximum atomic E-state index is 12.0. The van der Waals surface area contributed by atoms with E-state index in [4.69, 9.17) is 9.15 Å². The maximum absolute atomic E-state index is 12.0. The lowest BCUT2D eigenvalue weighted by atomic mass is 10.2. The van der Waals surface area contributed by atoms with Crippen molar-refractivity contribution in [3.8, 4) is 11.5 Å². The molecule has 0 radical (unpaired) electrons. The number of nitrogens with zero attached hydrogens (tertiary/aromatic N) is 1. The van der Waals surface area contributed by atoms with E-state index in [9.17, 15) is 4.79 Å². The molecule has 5 nitrogen and oxygen atoms in total. The van der Waals surface area contributed by atoms with E-state index < -0.39 is 0 Å². The molecular formula is C17H20N2O3. The molecule has 116 valence electrons. The highest BCUT2D eigenvalue weighted by atomic mass is 16.5. The van der Waals surface area contributed by atoms with Gasteiger partial charge >= 0.3 is 0 Å². The maximum Gasteiger partial charge on any atom is 0.253 e. The number of anilines is 1. The fraction of sp³-hybridized carbons (Fsp3) is 0.412. The van der Waals surface area contributed by atoms with Crippen LogP contribution in [0.2, 0.25) is 0 Å². The Morgan fingerprint density at radius 3 is 2.68 bits per heavy atom. The van der Waals surface area contributed by atoms with Gasteiger partial charge in [0, 0.05) is 23.8 Å². The second-order valence-electron chi connectivity index (χ2n) is 5.79. The SMILES string of the molecule is CC(C)c1cnc(-c2ccc(NC(=O)[C@@H]3CCCO3)cc2)o1. The molecule has 0 spiro atoms. The zero-order chi connectivity index (χ0) is 15.5. The number of nitrogens with one attached hydrogen (secondary N) is 1. The summed E-state index contributed by atoms with van der Waals surface area (Å²) < 4.78 is 11.1. The molecule has 2 aromatic rings. The molecule has 22 heavy (non-hydrogen) atoms. The Kier molecular flexibility index (Phi) is 4.24. The van der Waals surface area contributed by atoms with E-state index in [1.807, 2.05) is 24.3 Å². The first-order valence-electron chi connectivity index (χ1n) is 7.62. The number of oxazole rings is 1. The number of aromatic nitrogens is 1. The van der Waals surface area contributed by atoms with Crippen LogP contribution in [0.1, 0.15) is 38.4 Å². The molecular weight excluding hydrogens is 280 g/mol. The first-order valence-corrected chi connectivity index (χ1v) is 7.62. The summed E-state index contributed by atoms with van der Waals surface area (Å²) in [5.41, 5.74) is 1.64. The molecule has 0 bridgehead atoms. The Morgan fingerprint density at radius 1 is 1.32 bits per heavy atom. The smallest absolute Gasteiger partial charge is 0.253 e. The first kappa shape index (κ1) is 14.8. The average Bonchev–Trinajstić information content (AvgIpc) is 3.20. The fourth-order valence-corrected chi connectivity index (χ4v) is 2.39. The van der Waals surface area contributed by atoms with E-state index in [-0.39, 0.29) is 12.0 Å². The summed E-state index contributed by atoms with van der Waals surface area (Å²) in [6, 6.07) is 7.48. The highest BCUT2D eigenvalue weighted by molar-refractivity contribution is 5.94. The second kappa shape index (κ2) is 6.32. The van der Waals surface area contributed by atoms with Crippen LogP contribution in [-0.4, -0.2) is 23.6 Å². The van der Waals surface area contributed by atoms with Crippen molar-refractivity contribution in [3.05, 3.63) is 36.2 Å². The van der Waals surface area contributed by atoms with Crippen molar-refractivity contribution in [2.75, 3.05) is 11.9 Å². The molecule has 0 saturated carbocycles. The van der Waals surface area contributed by atoms with Crippen LogP contribution in [0.25, 0.3) is 11.5 Å². The van der Waals surface area contributed by atoms with Gasteiger partial charge < -0.3 is 14.5 Å². The highest BCUT2D eigenvalue weighted by Gasteiger charge is 2.23. The van der Waals surface area contributed by atoms with Crippen LogP contribution in [-0.2, 0) is 9.53 Å². The minimum Gasteiger partial charge on any atom is -0.441 e. The van der Waals surface area contributed by atoms with Crippen molar-refractivity contribution in [1.82, 2.24) is 4.98 Å². The topological polar surface area (TPSA) is 64.4 Å². The number of amides is 1. The van der Waals surface area contributed by atoms with Crippen molar-refractivity contribution < 1.29 is 13.9 Å². The Labute approximate surface area is 129 Å². The van der Waals surface area contributed by atoms with Gasteiger partial charge in [-0.1, -0.05) is 13.8 Å². The summed E-state index contributed by atoms with van der Waals surface area (Å²) in [6.45, 7) is 4.79. The van der Waals surface area contributed by atoms with Crippen LogP contribution in [0, 0.1) is 0 Å². The lowest BCUT2D eigenvalue weighted by Crippen LogP contribution is -2.26. The molecule has 1 fully saturated rings. The third-order valence-corrected chi connectivity index (χ3v) is 3.71. The third kappa shape index (κ3) is 3.20. The molecule has 1 aromatic carbocycles. The summed E-state index contributed by atoms with van der Waals surface area (Å²) in [7, 11) is 0. The third-order valence-electron chi connectivity index (χ3n) is 3.71. The Balaban J connectivity index is 1.67. The molecule has 1 aliphatic rings. The number of rotatable bonds is 4. The van der Waals surface area contributed by atoms with E-state index in [1.54, 1.807) is 6.20 Å². The number of hydrogen-bond donors (Lipinski definition) is 1. The number of hydrogen-bond acceptors (Lipinski definition) is 4. The van der Waals surface area contributed by atoms with Crippen LogP contribution in [0.5, 0.6) is 0 Å². The minimum absolute atomic E-state index is 0.0801. The normalized spacial score (nSPS) is 17.9. The molecule has 2 heterocycles. The zero-order valence-electron chi connectivity index (χ0n) is 12.8. The number of carbonyl (C=O) groups excluding carboxylic acids is 1. The molecule has 1 saturated heterocycles. The average molecular weight is 300 g/mol. The lowest BCUT2D eigenvalue weighted by Gasteiger charge is -2.10. The monoisotopic (exact) mass is 300 g/mol. The second-order valence-corrected chi connectivity index (χ2v) is 5.79. The molecule has 1 atom stereocenters. The van der Waals surface area contributed by atoms with Gasteiger partial charge in [0.15, 0.2) is 0 Å². The Morgan fingerprint density at radius 2 is 2.09 bits per heavy atom. The van der Waals surface area contributed by atoms with Crippen LogP contribution >= 0.6 is 0 Å². The molecule has 1 N–H and O–H groups in total. The van der Waals surface area contributed by atoms with Gasteiger partial charge in [0.1, 0.15) is 11.9 Å². The van der Waals surface area contributed by atoms with Crippen molar-refractivity contribution >= 4 is 11.6 Å². The standard InChI is InChI=1S/C17H20N2O3/c1-11(2)15-10-18-17(22-15)12-5-7-13(8-6-12)19-16(20)14-4-3-9-21-14/h5-8,10-11,14H,3-4,9H2,1-2H3,(H,19,20)/t14-/m0/s1. The molecule has 5 heteroatoms. The van der Waals surface area contributed by atoms with Gasteiger partial charge in [0.25, 0.3) is 5.91 Å². The summed E-state index contributed by atoms with van der Waals surface area (Å²) in [5, 5.41) is 2.87. The summed E-state index contributed by atoms with van der Waals surface area (Å²) in [5.74, 6) is 1.70. The largest absolute Gasteiger partial charge is 0.441 e. The van der Waals surface area contributed by atoms with Crippen LogP contribution in [0.15, 0.2) is 34.9 Å². The van der Waals surface area contributed by atoms with Gasteiger partial charge in [-0.15, -0.1) is 0 Å². The zero-order valence-corrected chi connectivity index (χ0v) is 12.8. The van der Waals surface area contributed by atoms with Crippen molar-refractivity contribution in [2.24, 2.45) is 0 Å². The van der Waals surface area contributed by atoms with Gasteiger partial charge in [-0.25, -0.2) is 4.98 Å². The lowest BCUT2D eigenvalue weighted by molar-refractivity contribution is -0.124. The molecule has 0 aliphatic carbocycles. The number of benzene rings is 1. The summed E-state index contributed by atoms with van der Waals surface area (Å²) >= 11 is 0. The van der Waals surface area contributed by atoms with E-state index in [0.717, 1.165) is 29.9 Å². The molecule has 1 aromatic heterocycles. The molecule has 1 aliphatic heterocycles. The first-order chi connectivity index (χ1) is 10.6. The molecule has 1 amide bonds. The van der Waals surface area contributed by atoms with Crippen LogP contribution in [0.4, 0.5) is 5.69 Å². The summed E-state index contributed by atoms with van der Waals surface area (Å²) in [6.07, 6.45) is 3.17. The Bertz CT molecular complexity index is 640. The van der Waals surface area contributed by atoms with E-state index in [0.29, 0.717) is 18.4 Å². The van der Waals surface area contributed by atoms with Gasteiger partial charge in [0.05, 0.1) is 6.20 Å². The van der Waals surface area contributed by atoms with Crippen LogP contribution in [0.3, 0.4) is 0 Å². The predicted octanol–water partition coefficient (Wildman–Crippen LogP) is 3.58. The molecule has 0 unspecified atom stereocenters. The predicted molar refractivity (Wildman–Crippen MR) is 83.6 cm³/mol. The Hall–Kier alpha value is -2.14. The number of carbonyl (C=O) groups is 1. The van der Waals surface area contributed by atoms with Gasteiger partial charge in [-0.05, 0) is 37.1 Å². The van der Waals surface area contributed by atoms with Crippen molar-refractivity contribution in [2.45, 2.75) is 38.7 Å². The fourth-order valence-electron chi connectivity index (χ4n) is 2.39. The molecule has 3 rings (SSSR count).